The van der Waals surface area contributed by atoms with Gasteiger partial charge in [0.2, 0.25) is 11.8 Å². The summed E-state index contributed by atoms with van der Waals surface area (Å²) in [5.74, 6) is -0.641. The maximum Gasteiger partial charge on any atom is 0.267 e. The highest BCUT2D eigenvalue weighted by molar-refractivity contribution is 6.36. The van der Waals surface area contributed by atoms with Crippen molar-refractivity contribution >= 4 is 45.9 Å². The Balaban J connectivity index is 1.63. The number of fused-ring (bicyclic) bond motifs is 1. The van der Waals surface area contributed by atoms with Gasteiger partial charge in [-0.05, 0) is 38.2 Å². The summed E-state index contributed by atoms with van der Waals surface area (Å²) in [6.45, 7) is 1.98. The lowest BCUT2D eigenvalue weighted by molar-refractivity contribution is -0.140. The molecule has 3 amide bonds. The van der Waals surface area contributed by atoms with Crippen molar-refractivity contribution in [3.05, 3.63) is 40.8 Å². The molecule has 2 aliphatic rings. The molecule has 1 aromatic carbocycles. The Kier molecular flexibility index (Phi) is 8.24. The van der Waals surface area contributed by atoms with Crippen molar-refractivity contribution < 1.29 is 14.4 Å². The summed E-state index contributed by atoms with van der Waals surface area (Å²) in [6.07, 6.45) is 5.67. The number of para-hydroxylation sites is 1. The Morgan fingerprint density at radius 1 is 1.19 bits per heavy atom. The van der Waals surface area contributed by atoms with E-state index in [1.54, 1.807) is 36.2 Å². The molecule has 0 bridgehead atoms. The van der Waals surface area contributed by atoms with E-state index in [4.69, 9.17) is 11.6 Å². The average Bonchev–Trinajstić information content (AvgIpc) is 3.52. The number of nitrogens with one attached hydrogen (secondary N) is 3. The van der Waals surface area contributed by atoms with Crippen molar-refractivity contribution in [3.63, 3.8) is 0 Å². The van der Waals surface area contributed by atoms with E-state index in [0.29, 0.717) is 29.2 Å². The number of aromatic amines is 1. The minimum Gasteiger partial charge on any atom is -0.359 e. The third-order valence-electron chi connectivity index (χ3n) is 6.79. The molecule has 2 saturated heterocycles. The Hall–Kier alpha value is -3.71. The molecule has 3 heterocycles. The Labute approximate surface area is 221 Å². The zero-order chi connectivity index (χ0) is 26.5. The fourth-order valence-electron chi connectivity index (χ4n) is 4.76. The number of H-pyrrole nitrogens is 1. The molecular formula is C26H32ClN7O3. The predicted octanol–water partition coefficient (Wildman–Crippen LogP) is 2.65. The first-order valence-corrected chi connectivity index (χ1v) is 12.9. The first kappa shape index (κ1) is 26.4. The van der Waals surface area contributed by atoms with Crippen molar-refractivity contribution in [1.29, 1.82) is 5.26 Å². The van der Waals surface area contributed by atoms with Crippen LogP contribution in [0.2, 0.25) is 5.02 Å². The van der Waals surface area contributed by atoms with Gasteiger partial charge in [0, 0.05) is 45.3 Å². The molecule has 2 fully saturated rings. The number of hydrogen-bond donors (Lipinski definition) is 3. The predicted molar refractivity (Wildman–Crippen MR) is 141 cm³/mol. The van der Waals surface area contributed by atoms with Gasteiger partial charge in [0.25, 0.3) is 5.91 Å². The summed E-state index contributed by atoms with van der Waals surface area (Å²) < 4.78 is 0. The molecule has 1 atom stereocenters. The van der Waals surface area contributed by atoms with E-state index in [-0.39, 0.29) is 29.8 Å². The quantitative estimate of drug-likeness (QED) is 0.377. The van der Waals surface area contributed by atoms with Gasteiger partial charge in [-0.25, -0.2) is 0 Å². The molecular weight excluding hydrogens is 494 g/mol. The van der Waals surface area contributed by atoms with E-state index in [2.05, 4.69) is 15.6 Å². The van der Waals surface area contributed by atoms with Gasteiger partial charge >= 0.3 is 0 Å². The van der Waals surface area contributed by atoms with Gasteiger partial charge in [-0.1, -0.05) is 23.7 Å². The van der Waals surface area contributed by atoms with E-state index >= 15 is 0 Å². The SMILES string of the molecule is CN(C)C(=O)/C(C#N)=C(\Nc1cccc2c(Cl)c[nH]c12)N[C@H]1CCCCN(CC(=O)N2CCCC2)C1=O. The molecule has 1 aromatic heterocycles. The van der Waals surface area contributed by atoms with Gasteiger partial charge < -0.3 is 30.3 Å². The van der Waals surface area contributed by atoms with Crippen molar-refractivity contribution in [2.24, 2.45) is 0 Å². The number of amides is 3. The number of hydrogen-bond acceptors (Lipinski definition) is 6. The van der Waals surface area contributed by atoms with Crippen LogP contribution >= 0.6 is 11.6 Å². The van der Waals surface area contributed by atoms with Crippen molar-refractivity contribution in [2.45, 2.75) is 38.1 Å². The lowest BCUT2D eigenvalue weighted by Crippen LogP contribution is -2.49. The summed E-state index contributed by atoms with van der Waals surface area (Å²) in [4.78, 5) is 47.1. The second kappa shape index (κ2) is 11.6. The molecule has 0 aliphatic carbocycles. The van der Waals surface area contributed by atoms with Crippen LogP contribution in [-0.2, 0) is 14.4 Å². The molecule has 37 heavy (non-hydrogen) atoms. The van der Waals surface area contributed by atoms with Crippen LogP contribution < -0.4 is 10.6 Å². The number of likely N-dealkylation sites (N-methyl/N-ethyl adjacent to an activating group) is 1. The Bertz CT molecular complexity index is 1260. The number of likely N-dealkylation sites (tertiary alicyclic amines) is 2. The Morgan fingerprint density at radius 3 is 2.62 bits per heavy atom. The van der Waals surface area contributed by atoms with Crippen LogP contribution in [0.3, 0.4) is 0 Å². The summed E-state index contributed by atoms with van der Waals surface area (Å²) in [5, 5.41) is 17.6. The first-order chi connectivity index (χ1) is 17.8. The maximum absolute atomic E-state index is 13.6. The number of carbonyl (C=O) groups is 3. The Morgan fingerprint density at radius 2 is 1.92 bits per heavy atom. The molecule has 0 spiro atoms. The molecule has 11 heteroatoms. The number of carbonyl (C=O) groups excluding carboxylic acids is 3. The molecule has 3 N–H and O–H groups in total. The van der Waals surface area contributed by atoms with Crippen LogP contribution in [0.4, 0.5) is 5.69 Å². The molecule has 196 valence electrons. The first-order valence-electron chi connectivity index (χ1n) is 12.5. The molecule has 0 saturated carbocycles. The molecule has 2 aliphatic heterocycles. The highest BCUT2D eigenvalue weighted by Crippen LogP contribution is 2.29. The van der Waals surface area contributed by atoms with Gasteiger partial charge in [-0.15, -0.1) is 0 Å². The normalized spacial score (nSPS) is 18.8. The monoisotopic (exact) mass is 525 g/mol. The number of anilines is 1. The summed E-state index contributed by atoms with van der Waals surface area (Å²) in [7, 11) is 3.12. The summed E-state index contributed by atoms with van der Waals surface area (Å²) in [5.41, 5.74) is 1.14. The average molecular weight is 526 g/mol. The van der Waals surface area contributed by atoms with E-state index in [1.807, 2.05) is 18.2 Å². The van der Waals surface area contributed by atoms with Gasteiger partial charge in [0.1, 0.15) is 17.9 Å². The maximum atomic E-state index is 13.6. The van der Waals surface area contributed by atoms with Crippen molar-refractivity contribution in [3.8, 4) is 6.07 Å². The standard InChI is InChI=1S/C26H32ClN7O3/c1-32(2)25(36)18(14-28)24(30-20-10-7-8-17-19(27)15-29-23(17)20)31-21-9-3-4-13-34(26(21)37)16-22(35)33-11-5-6-12-33/h7-8,10,15,21,29-31H,3-6,9,11-13,16H2,1-2H3/b24-18+/t21-/m0/s1. The van der Waals surface area contributed by atoms with E-state index in [0.717, 1.165) is 44.2 Å². The van der Waals surface area contributed by atoms with Crippen LogP contribution in [0, 0.1) is 11.3 Å². The lowest BCUT2D eigenvalue weighted by Gasteiger charge is -2.28. The molecule has 0 unspecified atom stereocenters. The second-order valence-electron chi connectivity index (χ2n) is 9.59. The topological polar surface area (TPSA) is 125 Å². The highest BCUT2D eigenvalue weighted by Gasteiger charge is 2.32. The lowest BCUT2D eigenvalue weighted by atomic mass is 10.1. The van der Waals surface area contributed by atoms with Crippen LogP contribution in [0.15, 0.2) is 35.8 Å². The zero-order valence-electron chi connectivity index (χ0n) is 21.1. The second-order valence-corrected chi connectivity index (χ2v) is 10.00. The number of rotatable bonds is 7. The van der Waals surface area contributed by atoms with Gasteiger partial charge in [-0.3, -0.25) is 14.4 Å². The van der Waals surface area contributed by atoms with Gasteiger partial charge in [0.15, 0.2) is 5.57 Å². The summed E-state index contributed by atoms with van der Waals surface area (Å²) in [6, 6.07) is 6.75. The molecule has 0 radical (unpaired) electrons. The van der Waals surface area contributed by atoms with E-state index in [1.165, 1.54) is 4.90 Å². The summed E-state index contributed by atoms with van der Waals surface area (Å²) >= 11 is 6.28. The molecule has 2 aromatic rings. The number of halogens is 1. The van der Waals surface area contributed by atoms with E-state index in [9.17, 15) is 19.6 Å². The number of aromatic nitrogens is 1. The fourth-order valence-corrected chi connectivity index (χ4v) is 4.98. The van der Waals surface area contributed by atoms with E-state index < -0.39 is 11.9 Å². The van der Waals surface area contributed by atoms with Crippen LogP contribution in [-0.4, -0.2) is 83.7 Å². The zero-order valence-corrected chi connectivity index (χ0v) is 21.9. The number of benzene rings is 1. The fraction of sp³-hybridized carbons (Fsp3) is 0.462. The smallest absolute Gasteiger partial charge is 0.267 e. The van der Waals surface area contributed by atoms with Crippen LogP contribution in [0.25, 0.3) is 10.9 Å². The molecule has 4 rings (SSSR count). The van der Waals surface area contributed by atoms with Crippen molar-refractivity contribution in [1.82, 2.24) is 25.0 Å². The van der Waals surface area contributed by atoms with Crippen LogP contribution in [0.1, 0.15) is 32.1 Å². The third-order valence-corrected chi connectivity index (χ3v) is 7.10. The minimum atomic E-state index is -0.707. The van der Waals surface area contributed by atoms with Crippen molar-refractivity contribution in [2.75, 3.05) is 45.6 Å². The van der Waals surface area contributed by atoms with Gasteiger partial charge in [0.05, 0.1) is 22.8 Å². The third kappa shape index (κ3) is 5.83. The van der Waals surface area contributed by atoms with Gasteiger partial charge in [-0.2, -0.15) is 5.26 Å². The highest BCUT2D eigenvalue weighted by atomic mass is 35.5. The van der Waals surface area contributed by atoms with Crippen LogP contribution in [0.5, 0.6) is 0 Å². The number of nitriles is 1. The molecule has 10 nitrogen and oxygen atoms in total. The largest absolute Gasteiger partial charge is 0.359 e. The number of nitrogens with zero attached hydrogens (tertiary/aromatic N) is 4. The minimum absolute atomic E-state index is 0.0332.